The topological polar surface area (TPSA) is 78.1 Å². The van der Waals surface area contributed by atoms with Crippen LogP contribution in [0, 0.1) is 6.92 Å². The maximum absolute atomic E-state index is 13.0. The second-order valence-electron chi connectivity index (χ2n) is 6.82. The van der Waals surface area contributed by atoms with E-state index in [0.717, 1.165) is 0 Å². The van der Waals surface area contributed by atoms with Gasteiger partial charge < -0.3 is 0 Å². The number of halogens is 1. The Morgan fingerprint density at radius 1 is 1.19 bits per heavy atom. The highest BCUT2D eigenvalue weighted by molar-refractivity contribution is 6.39. The van der Waals surface area contributed by atoms with Crippen molar-refractivity contribution in [1.29, 1.82) is 0 Å². The smallest absolute Gasteiger partial charge is 0.296 e. The van der Waals surface area contributed by atoms with Gasteiger partial charge in [0.2, 0.25) is 0 Å². The molecule has 1 aromatic carbocycles. The number of Topliss-reactive ketones (excluding diaryl/α,β-unsaturated/α-hetero) is 2. The van der Waals surface area contributed by atoms with E-state index >= 15 is 0 Å². The van der Waals surface area contributed by atoms with Crippen molar-refractivity contribution in [3.05, 3.63) is 54.7 Å². The largest absolute Gasteiger partial charge is 0.331 e. The third-order valence-corrected chi connectivity index (χ3v) is 5.43. The highest BCUT2D eigenvalue weighted by Gasteiger charge is 2.28. The van der Waals surface area contributed by atoms with Gasteiger partial charge in [-0.25, -0.2) is 4.79 Å². The monoisotopic (exact) mass is 388 g/mol. The molecular formula is C20H21ClN2O4. The van der Waals surface area contributed by atoms with E-state index in [1.165, 1.54) is 9.13 Å². The Labute approximate surface area is 161 Å². The highest BCUT2D eigenvalue weighted by Crippen LogP contribution is 2.29. The lowest BCUT2D eigenvalue weighted by molar-refractivity contribution is -0.115. The van der Waals surface area contributed by atoms with Gasteiger partial charge in [0.15, 0.2) is 11.6 Å². The molecule has 1 aliphatic carbocycles. The molecule has 1 aromatic heterocycles. The van der Waals surface area contributed by atoms with Crippen molar-refractivity contribution in [1.82, 2.24) is 9.13 Å². The molecule has 0 atom stereocenters. The van der Waals surface area contributed by atoms with Gasteiger partial charge in [-0.2, -0.15) is 0 Å². The summed E-state index contributed by atoms with van der Waals surface area (Å²) in [6.45, 7) is 3.85. The maximum atomic E-state index is 13.0. The molecule has 0 saturated carbocycles. The lowest BCUT2D eigenvalue weighted by Gasteiger charge is -2.17. The van der Waals surface area contributed by atoms with Gasteiger partial charge in [-0.1, -0.05) is 18.5 Å². The number of nitrogens with zero attached hydrogens (tertiary/aromatic N) is 2. The number of carbonyl (C=O) groups is 2. The number of hydrogen-bond acceptors (Lipinski definition) is 4. The Balaban J connectivity index is 2.30. The first kappa shape index (κ1) is 19.3. The van der Waals surface area contributed by atoms with E-state index in [-0.39, 0.29) is 27.6 Å². The summed E-state index contributed by atoms with van der Waals surface area (Å²) in [5.41, 5.74) is 0.395. The van der Waals surface area contributed by atoms with Gasteiger partial charge in [-0.05, 0) is 43.9 Å². The van der Waals surface area contributed by atoms with Crippen molar-refractivity contribution in [2.45, 2.75) is 46.1 Å². The molecule has 1 heterocycles. The summed E-state index contributed by atoms with van der Waals surface area (Å²) in [4.78, 5) is 50.6. The summed E-state index contributed by atoms with van der Waals surface area (Å²) in [5.74, 6) is -0.723. The van der Waals surface area contributed by atoms with E-state index in [9.17, 15) is 19.2 Å². The highest BCUT2D eigenvalue weighted by atomic mass is 35.5. The first-order valence-corrected chi connectivity index (χ1v) is 9.37. The van der Waals surface area contributed by atoms with Crippen molar-refractivity contribution in [2.24, 2.45) is 7.05 Å². The van der Waals surface area contributed by atoms with Crippen molar-refractivity contribution in [3.63, 3.8) is 0 Å². The SMILES string of the molecule is CCCn1c(=O)c2c(C)c(C(=O)C3=C(Cl)CCCC3=O)ccc2n(C)c1=O. The van der Waals surface area contributed by atoms with Gasteiger partial charge in [-0.15, -0.1) is 0 Å². The fourth-order valence-corrected chi connectivity index (χ4v) is 3.93. The van der Waals surface area contributed by atoms with Crippen LogP contribution in [0.4, 0.5) is 0 Å². The fraction of sp³-hybridized carbons (Fsp3) is 0.400. The minimum Gasteiger partial charge on any atom is -0.296 e. The normalized spacial score (nSPS) is 14.9. The Morgan fingerprint density at radius 2 is 1.89 bits per heavy atom. The van der Waals surface area contributed by atoms with E-state index in [2.05, 4.69) is 0 Å². The molecule has 7 heteroatoms. The lowest BCUT2D eigenvalue weighted by Crippen LogP contribution is -2.39. The van der Waals surface area contributed by atoms with Crippen LogP contribution in [0.5, 0.6) is 0 Å². The van der Waals surface area contributed by atoms with Crippen molar-refractivity contribution in [2.75, 3.05) is 0 Å². The quantitative estimate of drug-likeness (QED) is 0.596. The molecule has 2 aromatic rings. The maximum Gasteiger partial charge on any atom is 0.331 e. The van der Waals surface area contributed by atoms with Gasteiger partial charge in [0.1, 0.15) is 0 Å². The summed E-state index contributed by atoms with van der Waals surface area (Å²) >= 11 is 6.16. The number of hydrogen-bond donors (Lipinski definition) is 0. The number of allylic oxidation sites excluding steroid dienone is 2. The zero-order valence-corrected chi connectivity index (χ0v) is 16.4. The number of rotatable bonds is 4. The summed E-state index contributed by atoms with van der Waals surface area (Å²) < 4.78 is 2.59. The van der Waals surface area contributed by atoms with Gasteiger partial charge in [0, 0.05) is 30.6 Å². The first-order chi connectivity index (χ1) is 12.8. The number of fused-ring (bicyclic) bond motifs is 1. The Bertz CT molecular complexity index is 1120. The molecule has 1 aliphatic rings. The minimum atomic E-state index is -0.459. The van der Waals surface area contributed by atoms with Crippen LogP contribution in [0.2, 0.25) is 0 Å². The second-order valence-corrected chi connectivity index (χ2v) is 7.27. The van der Waals surface area contributed by atoms with Crippen LogP contribution in [0.3, 0.4) is 0 Å². The predicted octanol–water partition coefficient (Wildman–Crippen LogP) is 2.85. The molecule has 6 nitrogen and oxygen atoms in total. The van der Waals surface area contributed by atoms with Crippen LogP contribution in [0.15, 0.2) is 32.3 Å². The fourth-order valence-electron chi connectivity index (χ4n) is 3.61. The third-order valence-electron chi connectivity index (χ3n) is 5.05. The number of aryl methyl sites for hydroxylation is 2. The predicted molar refractivity (Wildman–Crippen MR) is 105 cm³/mol. The molecule has 142 valence electrons. The Kier molecular flexibility index (Phi) is 5.20. The number of aromatic nitrogens is 2. The molecule has 3 rings (SSSR count). The molecule has 0 unspecified atom stereocenters. The van der Waals surface area contributed by atoms with Crippen LogP contribution in [-0.4, -0.2) is 20.7 Å². The van der Waals surface area contributed by atoms with E-state index in [1.54, 1.807) is 26.1 Å². The Morgan fingerprint density at radius 3 is 2.52 bits per heavy atom. The average Bonchev–Trinajstić information content (AvgIpc) is 2.62. The molecule has 0 spiro atoms. The molecule has 0 amide bonds. The van der Waals surface area contributed by atoms with E-state index in [4.69, 9.17) is 11.6 Å². The molecule has 0 fully saturated rings. The molecule has 0 N–H and O–H groups in total. The molecular weight excluding hydrogens is 368 g/mol. The number of ketones is 2. The summed E-state index contributed by atoms with van der Waals surface area (Å²) in [5, 5.41) is 0.594. The Hall–Kier alpha value is -2.47. The summed E-state index contributed by atoms with van der Waals surface area (Å²) in [7, 11) is 1.60. The van der Waals surface area contributed by atoms with Gasteiger partial charge in [-0.3, -0.25) is 23.5 Å². The van der Waals surface area contributed by atoms with E-state index in [1.807, 2.05) is 6.92 Å². The average molecular weight is 389 g/mol. The lowest BCUT2D eigenvalue weighted by atomic mass is 9.89. The van der Waals surface area contributed by atoms with Crippen LogP contribution < -0.4 is 11.2 Å². The first-order valence-electron chi connectivity index (χ1n) is 8.99. The summed E-state index contributed by atoms with van der Waals surface area (Å²) in [6.07, 6.45) is 2.06. The van der Waals surface area contributed by atoms with Crippen LogP contribution in [-0.2, 0) is 18.4 Å². The zero-order chi connectivity index (χ0) is 19.9. The second kappa shape index (κ2) is 7.27. The number of benzene rings is 1. The van der Waals surface area contributed by atoms with Gasteiger partial charge in [0.25, 0.3) is 5.56 Å². The van der Waals surface area contributed by atoms with Crippen LogP contribution in [0.1, 0.15) is 48.5 Å². The zero-order valence-electron chi connectivity index (χ0n) is 15.6. The van der Waals surface area contributed by atoms with E-state index < -0.39 is 11.3 Å². The molecule has 0 saturated heterocycles. The van der Waals surface area contributed by atoms with Crippen LogP contribution >= 0.6 is 11.6 Å². The molecule has 0 bridgehead atoms. The van der Waals surface area contributed by atoms with Crippen molar-refractivity contribution >= 4 is 34.1 Å². The van der Waals surface area contributed by atoms with Crippen molar-refractivity contribution < 1.29 is 9.59 Å². The molecule has 27 heavy (non-hydrogen) atoms. The molecule has 0 aliphatic heterocycles. The van der Waals surface area contributed by atoms with Gasteiger partial charge >= 0.3 is 5.69 Å². The van der Waals surface area contributed by atoms with E-state index in [0.29, 0.717) is 48.7 Å². The minimum absolute atomic E-state index is 0.0177. The molecule has 0 radical (unpaired) electrons. The standard InChI is InChI=1S/C20H21ClN2O4/c1-4-10-23-19(26)16-11(2)12(8-9-14(16)22(3)20(23)27)18(25)17-13(21)6-5-7-15(17)24/h8-9H,4-7,10H2,1-3H3. The van der Waals surface area contributed by atoms with Gasteiger partial charge in [0.05, 0.1) is 16.5 Å². The summed E-state index contributed by atoms with van der Waals surface area (Å²) in [6, 6.07) is 3.14. The third kappa shape index (κ3) is 3.08. The number of carbonyl (C=O) groups excluding carboxylic acids is 2. The van der Waals surface area contributed by atoms with Crippen molar-refractivity contribution in [3.8, 4) is 0 Å². The van der Waals surface area contributed by atoms with Crippen LogP contribution in [0.25, 0.3) is 10.9 Å².